The lowest BCUT2D eigenvalue weighted by Gasteiger charge is -2.29. The second-order valence-corrected chi connectivity index (χ2v) is 8.68. The van der Waals surface area contributed by atoms with Crippen LogP contribution < -0.4 is 10.6 Å². The fraction of sp³-hybridized carbons (Fsp3) is 0.208. The molecule has 1 aliphatic heterocycles. The molecule has 3 rings (SSSR count). The molecule has 0 radical (unpaired) electrons. The van der Waals surface area contributed by atoms with Crippen molar-refractivity contribution in [2.45, 2.75) is 26.7 Å². The maximum Gasteiger partial charge on any atom is 0.234 e. The molecule has 0 aromatic heterocycles. The smallest absolute Gasteiger partial charge is 0.234 e. The number of ketones is 1. The highest BCUT2D eigenvalue weighted by Gasteiger charge is 2.33. The summed E-state index contributed by atoms with van der Waals surface area (Å²) in [7, 11) is 0. The number of hydrogen-bond acceptors (Lipinski definition) is 5. The number of nitriles is 1. The number of Topliss-reactive ketones (excluding diaryl/α,β-unsaturated/α-hetero) is 1. The quantitative estimate of drug-likeness (QED) is 0.622. The average Bonchev–Trinajstić information content (AvgIpc) is 2.73. The number of hydrogen-bond donors (Lipinski definition) is 2. The molecule has 1 amide bonds. The first kappa shape index (κ1) is 22.7. The maximum absolute atomic E-state index is 12.4. The molecule has 0 saturated heterocycles. The molecule has 0 spiro atoms. The first-order chi connectivity index (χ1) is 14.8. The standard InChI is InChI=1S/C24H22ClN3O2S/c1-14-4-10-19(11-5-14)28-21(30)13-31-24-20(12-26)23(17-6-8-18(25)9-7-17)22(16(3)29)15(2)27-24/h4-11,23,27H,13H2,1-3H3,(H,28,30)/t23-/m1/s1. The van der Waals surface area contributed by atoms with Gasteiger partial charge in [-0.25, -0.2) is 0 Å². The zero-order valence-electron chi connectivity index (χ0n) is 17.5. The third-order valence-corrected chi connectivity index (χ3v) is 6.18. The number of amides is 1. The first-order valence-corrected chi connectivity index (χ1v) is 11.0. The third-order valence-electron chi connectivity index (χ3n) is 4.91. The zero-order chi connectivity index (χ0) is 22.5. The van der Waals surface area contributed by atoms with Gasteiger partial charge in [0.2, 0.25) is 5.91 Å². The summed E-state index contributed by atoms with van der Waals surface area (Å²) in [5.74, 6) is -0.678. The van der Waals surface area contributed by atoms with Crippen molar-refractivity contribution in [1.82, 2.24) is 5.32 Å². The molecule has 158 valence electrons. The number of benzene rings is 2. The van der Waals surface area contributed by atoms with E-state index in [0.29, 0.717) is 26.9 Å². The number of dihydropyridines is 1. The molecule has 2 N–H and O–H groups in total. The molecule has 1 heterocycles. The molecule has 31 heavy (non-hydrogen) atoms. The number of allylic oxidation sites excluding steroid dienone is 3. The molecule has 1 aliphatic rings. The van der Waals surface area contributed by atoms with Crippen LogP contribution in [-0.4, -0.2) is 17.4 Å². The van der Waals surface area contributed by atoms with Crippen LogP contribution in [0.2, 0.25) is 5.02 Å². The number of nitrogens with one attached hydrogen (secondary N) is 2. The van der Waals surface area contributed by atoms with E-state index in [1.807, 2.05) is 43.3 Å². The third kappa shape index (κ3) is 5.38. The van der Waals surface area contributed by atoms with Crippen molar-refractivity contribution in [2.24, 2.45) is 0 Å². The Morgan fingerprint density at radius 1 is 1.13 bits per heavy atom. The van der Waals surface area contributed by atoms with Gasteiger partial charge < -0.3 is 10.6 Å². The molecule has 0 unspecified atom stereocenters. The number of halogens is 1. The van der Waals surface area contributed by atoms with Crippen LogP contribution in [0, 0.1) is 18.3 Å². The molecule has 1 atom stereocenters. The van der Waals surface area contributed by atoms with Crippen LogP contribution in [0.1, 0.15) is 30.9 Å². The highest BCUT2D eigenvalue weighted by Crippen LogP contribution is 2.41. The molecule has 7 heteroatoms. The lowest BCUT2D eigenvalue weighted by atomic mass is 9.81. The normalized spacial score (nSPS) is 15.9. The average molecular weight is 452 g/mol. The van der Waals surface area contributed by atoms with E-state index in [1.54, 1.807) is 19.1 Å². The number of carbonyl (C=O) groups is 2. The summed E-state index contributed by atoms with van der Waals surface area (Å²) >= 11 is 7.26. The summed E-state index contributed by atoms with van der Waals surface area (Å²) in [6.45, 7) is 5.28. The Bertz CT molecular complexity index is 1110. The summed E-state index contributed by atoms with van der Waals surface area (Å²) in [5, 5.41) is 17.1. The molecule has 0 aliphatic carbocycles. The van der Waals surface area contributed by atoms with Gasteiger partial charge in [0.15, 0.2) is 5.78 Å². The number of rotatable bonds is 6. The minimum atomic E-state index is -0.510. The van der Waals surface area contributed by atoms with Gasteiger partial charge in [0.25, 0.3) is 0 Å². The van der Waals surface area contributed by atoms with Crippen molar-refractivity contribution in [3.8, 4) is 6.07 Å². The van der Waals surface area contributed by atoms with Crippen LogP contribution in [0.3, 0.4) is 0 Å². The van der Waals surface area contributed by atoms with Gasteiger partial charge in [0.1, 0.15) is 0 Å². The van der Waals surface area contributed by atoms with Gasteiger partial charge in [-0.1, -0.05) is 53.2 Å². The van der Waals surface area contributed by atoms with Gasteiger partial charge in [-0.2, -0.15) is 5.26 Å². The van der Waals surface area contributed by atoms with E-state index in [0.717, 1.165) is 16.8 Å². The number of anilines is 1. The van der Waals surface area contributed by atoms with E-state index < -0.39 is 5.92 Å². The molecule has 2 aromatic carbocycles. The Balaban J connectivity index is 1.86. The van der Waals surface area contributed by atoms with Crippen molar-refractivity contribution >= 4 is 40.7 Å². The van der Waals surface area contributed by atoms with Crippen molar-refractivity contribution in [3.05, 3.63) is 86.6 Å². The Labute approximate surface area is 191 Å². The predicted octanol–water partition coefficient (Wildman–Crippen LogP) is 5.31. The predicted molar refractivity (Wildman–Crippen MR) is 126 cm³/mol. The van der Waals surface area contributed by atoms with Crippen LogP contribution in [0.4, 0.5) is 5.69 Å². The minimum absolute atomic E-state index is 0.112. The minimum Gasteiger partial charge on any atom is -0.353 e. The number of aryl methyl sites for hydroxylation is 1. The second kappa shape index (κ2) is 9.86. The van der Waals surface area contributed by atoms with Gasteiger partial charge in [-0.15, -0.1) is 0 Å². The highest BCUT2D eigenvalue weighted by molar-refractivity contribution is 8.03. The first-order valence-electron chi connectivity index (χ1n) is 9.68. The summed E-state index contributed by atoms with van der Waals surface area (Å²) in [6.07, 6.45) is 0. The van der Waals surface area contributed by atoms with E-state index in [2.05, 4.69) is 16.7 Å². The van der Waals surface area contributed by atoms with E-state index in [1.165, 1.54) is 18.7 Å². The molecule has 0 bridgehead atoms. The van der Waals surface area contributed by atoms with Crippen LogP contribution in [0.15, 0.2) is 70.4 Å². The molecular formula is C24H22ClN3O2S. The van der Waals surface area contributed by atoms with E-state index >= 15 is 0 Å². The zero-order valence-corrected chi connectivity index (χ0v) is 19.0. The van der Waals surface area contributed by atoms with Gasteiger partial charge in [0, 0.05) is 22.0 Å². The SMILES string of the molecule is CC(=O)C1=C(C)NC(SCC(=O)Nc2ccc(C)cc2)=C(C#N)[C@H]1c1ccc(Cl)cc1. The number of carbonyl (C=O) groups excluding carboxylic acids is 2. The Morgan fingerprint density at radius 2 is 1.77 bits per heavy atom. The Kier molecular flexibility index (Phi) is 7.21. The van der Waals surface area contributed by atoms with E-state index in [-0.39, 0.29) is 17.4 Å². The summed E-state index contributed by atoms with van der Waals surface area (Å²) in [4.78, 5) is 24.8. The fourth-order valence-corrected chi connectivity index (χ4v) is 4.47. The summed E-state index contributed by atoms with van der Waals surface area (Å²) < 4.78 is 0. The fourth-order valence-electron chi connectivity index (χ4n) is 3.45. The highest BCUT2D eigenvalue weighted by atomic mass is 35.5. The molecular weight excluding hydrogens is 430 g/mol. The van der Waals surface area contributed by atoms with Crippen molar-refractivity contribution in [1.29, 1.82) is 5.26 Å². The van der Waals surface area contributed by atoms with Crippen LogP contribution >= 0.6 is 23.4 Å². The van der Waals surface area contributed by atoms with Gasteiger partial charge in [-0.3, -0.25) is 9.59 Å². The topological polar surface area (TPSA) is 82.0 Å². The molecule has 5 nitrogen and oxygen atoms in total. The molecule has 2 aromatic rings. The van der Waals surface area contributed by atoms with E-state index in [4.69, 9.17) is 11.6 Å². The largest absolute Gasteiger partial charge is 0.353 e. The lowest BCUT2D eigenvalue weighted by molar-refractivity contribution is -0.114. The summed E-state index contributed by atoms with van der Waals surface area (Å²) in [6, 6.07) is 16.9. The summed E-state index contributed by atoms with van der Waals surface area (Å²) in [5.41, 5.74) is 4.25. The Morgan fingerprint density at radius 3 is 2.35 bits per heavy atom. The maximum atomic E-state index is 12.4. The van der Waals surface area contributed by atoms with Crippen molar-refractivity contribution in [2.75, 3.05) is 11.1 Å². The lowest BCUT2D eigenvalue weighted by Crippen LogP contribution is -2.27. The molecule has 0 saturated carbocycles. The van der Waals surface area contributed by atoms with Crippen molar-refractivity contribution in [3.63, 3.8) is 0 Å². The molecule has 0 fully saturated rings. The second-order valence-electron chi connectivity index (χ2n) is 7.26. The number of thioether (sulfide) groups is 1. The Hall–Kier alpha value is -3.01. The van der Waals surface area contributed by atoms with Gasteiger partial charge in [0.05, 0.1) is 28.3 Å². The van der Waals surface area contributed by atoms with Crippen LogP contribution in [-0.2, 0) is 9.59 Å². The van der Waals surface area contributed by atoms with Crippen molar-refractivity contribution < 1.29 is 9.59 Å². The monoisotopic (exact) mass is 451 g/mol. The number of nitrogens with zero attached hydrogens (tertiary/aromatic N) is 1. The van der Waals surface area contributed by atoms with Gasteiger partial charge >= 0.3 is 0 Å². The van der Waals surface area contributed by atoms with Crippen LogP contribution in [0.5, 0.6) is 0 Å². The van der Waals surface area contributed by atoms with E-state index in [9.17, 15) is 14.9 Å². The van der Waals surface area contributed by atoms with Crippen LogP contribution in [0.25, 0.3) is 0 Å². The van der Waals surface area contributed by atoms with Gasteiger partial charge in [-0.05, 0) is 50.6 Å².